The molecule has 2 heterocycles. The highest BCUT2D eigenvalue weighted by atomic mass is 16.5. The zero-order valence-corrected chi connectivity index (χ0v) is 11.4. The summed E-state index contributed by atoms with van der Waals surface area (Å²) in [5, 5.41) is 3.48. The molecule has 2 aromatic rings. The summed E-state index contributed by atoms with van der Waals surface area (Å²) in [6, 6.07) is 6.75. The van der Waals surface area contributed by atoms with Crippen LogP contribution in [0, 0.1) is 0 Å². The fourth-order valence-electron chi connectivity index (χ4n) is 2.74. The van der Waals surface area contributed by atoms with Crippen molar-refractivity contribution >= 4 is 5.69 Å². The van der Waals surface area contributed by atoms with Crippen molar-refractivity contribution in [3.05, 3.63) is 36.3 Å². The number of methoxy groups -OCH3 is 1. The molecular formula is C15H19N3O. The molecule has 0 bridgehead atoms. The second-order valence-electron chi connectivity index (χ2n) is 5.01. The minimum atomic E-state index is 0.278. The Bertz CT molecular complexity index is 577. The number of nitrogens with one attached hydrogen (secondary N) is 1. The molecule has 0 saturated heterocycles. The summed E-state index contributed by atoms with van der Waals surface area (Å²) in [4.78, 5) is 4.31. The monoisotopic (exact) mass is 257 g/mol. The molecule has 0 radical (unpaired) electrons. The number of hydrogen-bond donors (Lipinski definition) is 1. The molecule has 0 aliphatic carbocycles. The molecule has 0 amide bonds. The molecule has 4 heteroatoms. The number of anilines is 1. The molecule has 0 saturated carbocycles. The van der Waals surface area contributed by atoms with E-state index >= 15 is 0 Å². The normalized spacial score (nSPS) is 15.1. The SMILES string of the molecule is COCC(C)n1cncc1-c1cccc2c1NCC2. The van der Waals surface area contributed by atoms with E-state index in [1.165, 1.54) is 16.8 Å². The standard InChI is InChI=1S/C15H19N3O/c1-11(9-19-2)18-10-16-8-14(18)13-5-3-4-12-6-7-17-15(12)13/h3-5,8,10-11,17H,6-7,9H2,1-2H3. The van der Waals surface area contributed by atoms with Gasteiger partial charge in [0.1, 0.15) is 0 Å². The van der Waals surface area contributed by atoms with E-state index in [-0.39, 0.29) is 6.04 Å². The molecule has 100 valence electrons. The van der Waals surface area contributed by atoms with Gasteiger partial charge in [-0.25, -0.2) is 4.98 Å². The zero-order chi connectivity index (χ0) is 13.2. The van der Waals surface area contributed by atoms with Gasteiger partial charge in [-0.1, -0.05) is 18.2 Å². The molecule has 1 aromatic carbocycles. The van der Waals surface area contributed by atoms with Crippen LogP contribution in [0.5, 0.6) is 0 Å². The third-order valence-corrected chi connectivity index (χ3v) is 3.67. The van der Waals surface area contributed by atoms with E-state index in [0.29, 0.717) is 6.61 Å². The summed E-state index contributed by atoms with van der Waals surface area (Å²) in [6.45, 7) is 3.85. The second kappa shape index (κ2) is 5.05. The van der Waals surface area contributed by atoms with Gasteiger partial charge in [-0.3, -0.25) is 0 Å². The zero-order valence-electron chi connectivity index (χ0n) is 11.4. The molecule has 19 heavy (non-hydrogen) atoms. The van der Waals surface area contributed by atoms with Crippen molar-refractivity contribution in [3.63, 3.8) is 0 Å². The first-order valence-corrected chi connectivity index (χ1v) is 6.68. The van der Waals surface area contributed by atoms with Crippen LogP contribution in [0.4, 0.5) is 5.69 Å². The molecule has 1 aliphatic heterocycles. The first-order valence-electron chi connectivity index (χ1n) is 6.68. The van der Waals surface area contributed by atoms with Gasteiger partial charge in [-0.15, -0.1) is 0 Å². The summed E-state index contributed by atoms with van der Waals surface area (Å²) < 4.78 is 7.43. The van der Waals surface area contributed by atoms with Crippen LogP contribution in [-0.2, 0) is 11.2 Å². The topological polar surface area (TPSA) is 39.1 Å². The Hall–Kier alpha value is -1.81. The second-order valence-corrected chi connectivity index (χ2v) is 5.01. The number of benzene rings is 1. The molecule has 1 atom stereocenters. The van der Waals surface area contributed by atoms with Crippen LogP contribution >= 0.6 is 0 Å². The first-order chi connectivity index (χ1) is 9.31. The largest absolute Gasteiger partial charge is 0.384 e. The predicted molar refractivity (Wildman–Crippen MR) is 76.4 cm³/mol. The van der Waals surface area contributed by atoms with E-state index in [0.717, 1.165) is 18.7 Å². The maximum atomic E-state index is 5.25. The van der Waals surface area contributed by atoms with Crippen LogP contribution < -0.4 is 5.32 Å². The average Bonchev–Trinajstić information content (AvgIpc) is 3.07. The number of fused-ring (bicyclic) bond motifs is 1. The highest BCUT2D eigenvalue weighted by Crippen LogP contribution is 2.35. The van der Waals surface area contributed by atoms with Gasteiger partial charge in [0, 0.05) is 24.9 Å². The van der Waals surface area contributed by atoms with Crippen molar-refractivity contribution < 1.29 is 4.74 Å². The summed E-state index contributed by atoms with van der Waals surface area (Å²) in [7, 11) is 1.73. The lowest BCUT2D eigenvalue weighted by Gasteiger charge is -2.17. The van der Waals surface area contributed by atoms with E-state index in [1.54, 1.807) is 7.11 Å². The number of aromatic nitrogens is 2. The van der Waals surface area contributed by atoms with E-state index in [9.17, 15) is 0 Å². The Morgan fingerprint density at radius 1 is 1.47 bits per heavy atom. The summed E-state index contributed by atoms with van der Waals surface area (Å²) >= 11 is 0. The third kappa shape index (κ3) is 2.12. The quantitative estimate of drug-likeness (QED) is 0.915. The Morgan fingerprint density at radius 2 is 2.37 bits per heavy atom. The van der Waals surface area contributed by atoms with Gasteiger partial charge in [0.25, 0.3) is 0 Å². The number of imidazole rings is 1. The Morgan fingerprint density at radius 3 is 3.21 bits per heavy atom. The van der Waals surface area contributed by atoms with Crippen molar-refractivity contribution in [2.75, 3.05) is 25.6 Å². The predicted octanol–water partition coefficient (Wildman–Crippen LogP) is 2.73. The number of ether oxygens (including phenoxy) is 1. The number of nitrogens with zero attached hydrogens (tertiary/aromatic N) is 2. The highest BCUT2D eigenvalue weighted by Gasteiger charge is 2.18. The van der Waals surface area contributed by atoms with Crippen molar-refractivity contribution in [3.8, 4) is 11.3 Å². The maximum absolute atomic E-state index is 5.25. The third-order valence-electron chi connectivity index (χ3n) is 3.67. The van der Waals surface area contributed by atoms with E-state index in [2.05, 4.69) is 40.0 Å². The smallest absolute Gasteiger partial charge is 0.0954 e. The lowest BCUT2D eigenvalue weighted by atomic mass is 10.0. The fraction of sp³-hybridized carbons (Fsp3) is 0.400. The van der Waals surface area contributed by atoms with E-state index < -0.39 is 0 Å². The van der Waals surface area contributed by atoms with Crippen molar-refractivity contribution in [1.29, 1.82) is 0 Å². The Kier molecular flexibility index (Phi) is 3.25. The van der Waals surface area contributed by atoms with E-state index in [1.807, 2.05) is 12.5 Å². The summed E-state index contributed by atoms with van der Waals surface area (Å²) in [6.07, 6.45) is 4.92. The molecule has 1 aliphatic rings. The van der Waals surface area contributed by atoms with Gasteiger partial charge in [-0.05, 0) is 18.9 Å². The molecule has 0 fully saturated rings. The Balaban J connectivity index is 2.04. The molecule has 4 nitrogen and oxygen atoms in total. The summed E-state index contributed by atoms with van der Waals surface area (Å²) in [5.41, 5.74) is 5.03. The van der Waals surface area contributed by atoms with Crippen molar-refractivity contribution in [1.82, 2.24) is 9.55 Å². The molecule has 3 rings (SSSR count). The van der Waals surface area contributed by atoms with Gasteiger partial charge in [0.2, 0.25) is 0 Å². The highest BCUT2D eigenvalue weighted by molar-refractivity contribution is 5.79. The van der Waals surface area contributed by atoms with E-state index in [4.69, 9.17) is 4.74 Å². The lowest BCUT2D eigenvalue weighted by molar-refractivity contribution is 0.163. The first kappa shape index (κ1) is 12.2. The van der Waals surface area contributed by atoms with Gasteiger partial charge in [0.15, 0.2) is 0 Å². The van der Waals surface area contributed by atoms with Crippen LogP contribution in [0.25, 0.3) is 11.3 Å². The van der Waals surface area contributed by atoms with Crippen molar-refractivity contribution in [2.45, 2.75) is 19.4 Å². The van der Waals surface area contributed by atoms with Crippen LogP contribution in [-0.4, -0.2) is 29.8 Å². The number of rotatable bonds is 4. The van der Waals surface area contributed by atoms with Gasteiger partial charge in [0.05, 0.1) is 30.9 Å². The lowest BCUT2D eigenvalue weighted by Crippen LogP contribution is -2.11. The maximum Gasteiger partial charge on any atom is 0.0954 e. The van der Waals surface area contributed by atoms with Crippen LogP contribution in [0.2, 0.25) is 0 Å². The number of hydrogen-bond acceptors (Lipinski definition) is 3. The van der Waals surface area contributed by atoms with Crippen LogP contribution in [0.1, 0.15) is 18.5 Å². The molecule has 1 unspecified atom stereocenters. The minimum absolute atomic E-state index is 0.278. The number of para-hydroxylation sites is 1. The molecule has 0 spiro atoms. The molecular weight excluding hydrogens is 238 g/mol. The average molecular weight is 257 g/mol. The van der Waals surface area contributed by atoms with Crippen LogP contribution in [0.3, 0.4) is 0 Å². The summed E-state index contributed by atoms with van der Waals surface area (Å²) in [5.74, 6) is 0. The van der Waals surface area contributed by atoms with Crippen molar-refractivity contribution in [2.24, 2.45) is 0 Å². The van der Waals surface area contributed by atoms with Gasteiger partial charge in [-0.2, -0.15) is 0 Å². The van der Waals surface area contributed by atoms with Gasteiger partial charge >= 0.3 is 0 Å². The van der Waals surface area contributed by atoms with Crippen LogP contribution in [0.15, 0.2) is 30.7 Å². The molecule has 1 N–H and O–H groups in total. The molecule has 1 aromatic heterocycles. The fourth-order valence-corrected chi connectivity index (χ4v) is 2.74. The Labute approximate surface area is 113 Å². The minimum Gasteiger partial charge on any atom is -0.384 e. The van der Waals surface area contributed by atoms with Gasteiger partial charge < -0.3 is 14.6 Å².